The fourth-order valence-corrected chi connectivity index (χ4v) is 3.10. The molecule has 0 aliphatic heterocycles. The maximum absolute atomic E-state index is 11.0. The van der Waals surface area contributed by atoms with Crippen LogP contribution in [0.5, 0.6) is 0 Å². The molecule has 0 unspecified atom stereocenters. The molecule has 0 spiro atoms. The Morgan fingerprint density at radius 2 is 1.96 bits per heavy atom. The molecular weight excluding hydrogens is 348 g/mol. The van der Waals surface area contributed by atoms with Crippen LogP contribution in [0.4, 0.5) is 17.1 Å². The van der Waals surface area contributed by atoms with Gasteiger partial charge in [0.15, 0.2) is 0 Å². The smallest absolute Gasteiger partial charge is 0.272 e. The minimum Gasteiger partial charge on any atom is -0.272 e. The van der Waals surface area contributed by atoms with Crippen LogP contribution >= 0.6 is 11.6 Å². The Kier molecular flexibility index (Phi) is 5.53. The van der Waals surface area contributed by atoms with Gasteiger partial charge in [-0.05, 0) is 42.0 Å². The van der Waals surface area contributed by atoms with E-state index in [2.05, 4.69) is 24.4 Å². The maximum Gasteiger partial charge on any atom is 0.301 e. The highest BCUT2D eigenvalue weighted by Crippen LogP contribution is 2.39. The molecule has 0 saturated carbocycles. The zero-order valence-corrected chi connectivity index (χ0v) is 14.5. The summed E-state index contributed by atoms with van der Waals surface area (Å²) in [6.07, 6.45) is 6.78. The number of hydrazone groups is 1. The van der Waals surface area contributed by atoms with E-state index in [0.717, 1.165) is 29.5 Å². The first-order valence-corrected chi connectivity index (χ1v) is 7.83. The number of allylic oxidation sites excluding steroid dienone is 4. The van der Waals surface area contributed by atoms with Crippen LogP contribution in [0.25, 0.3) is 0 Å². The molecule has 2 rings (SSSR count). The molecule has 25 heavy (non-hydrogen) atoms. The number of benzene rings is 1. The van der Waals surface area contributed by atoms with Crippen LogP contribution in [0.3, 0.4) is 0 Å². The second-order valence-corrected chi connectivity index (χ2v) is 6.94. The van der Waals surface area contributed by atoms with Gasteiger partial charge in [0, 0.05) is 17.3 Å². The number of nitro groups is 2. The highest BCUT2D eigenvalue weighted by atomic mass is 35.5. The normalized spacial score (nSPS) is 18.2. The number of rotatable bonds is 5. The van der Waals surface area contributed by atoms with Crippen molar-refractivity contribution in [1.82, 2.24) is 0 Å². The second-order valence-electron chi connectivity index (χ2n) is 6.46. The molecule has 1 aromatic carbocycles. The Balaban J connectivity index is 2.14. The summed E-state index contributed by atoms with van der Waals surface area (Å²) >= 11 is 6.13. The summed E-state index contributed by atoms with van der Waals surface area (Å²) < 4.78 is 0. The molecule has 0 atom stereocenters. The number of anilines is 1. The van der Waals surface area contributed by atoms with E-state index in [1.807, 2.05) is 6.08 Å². The number of hydrogen-bond acceptors (Lipinski definition) is 6. The number of halogens is 1. The standard InChI is InChI=1S/C16H17ClN4O4/c1-16(2)9-11(7-12(17)10-16)5-6-18-19-14-4-3-13(20(22)23)8-15(14)21(24)25/h3-8,19H,9-10H2,1-2H3/b11-5-,18-6-. The first kappa shape index (κ1) is 18.6. The Morgan fingerprint density at radius 3 is 2.56 bits per heavy atom. The van der Waals surface area contributed by atoms with Gasteiger partial charge < -0.3 is 0 Å². The van der Waals surface area contributed by atoms with Crippen LogP contribution in [0.2, 0.25) is 0 Å². The highest BCUT2D eigenvalue weighted by Gasteiger charge is 2.24. The van der Waals surface area contributed by atoms with E-state index in [4.69, 9.17) is 11.6 Å². The fraction of sp³-hybridized carbons (Fsp3) is 0.312. The molecular formula is C16H17ClN4O4. The van der Waals surface area contributed by atoms with Gasteiger partial charge in [0.25, 0.3) is 5.69 Å². The van der Waals surface area contributed by atoms with Crippen LogP contribution < -0.4 is 5.43 Å². The Bertz CT molecular complexity index is 799. The van der Waals surface area contributed by atoms with Crippen molar-refractivity contribution in [3.8, 4) is 0 Å². The molecule has 0 amide bonds. The van der Waals surface area contributed by atoms with E-state index in [9.17, 15) is 20.2 Å². The first-order valence-electron chi connectivity index (χ1n) is 7.45. The molecule has 1 aromatic rings. The van der Waals surface area contributed by atoms with Crippen molar-refractivity contribution in [2.24, 2.45) is 10.5 Å². The number of nitrogens with zero attached hydrogens (tertiary/aromatic N) is 3. The Hall–Kier alpha value is -2.74. The summed E-state index contributed by atoms with van der Waals surface area (Å²) in [5.74, 6) is 0. The predicted molar refractivity (Wildman–Crippen MR) is 96.9 cm³/mol. The lowest BCUT2D eigenvalue weighted by molar-refractivity contribution is -0.393. The predicted octanol–water partition coefficient (Wildman–Crippen LogP) is 4.77. The third-order valence-electron chi connectivity index (χ3n) is 3.61. The lowest BCUT2D eigenvalue weighted by Crippen LogP contribution is -2.15. The van der Waals surface area contributed by atoms with Gasteiger partial charge >= 0.3 is 5.69 Å². The molecule has 0 saturated heterocycles. The van der Waals surface area contributed by atoms with Crippen molar-refractivity contribution in [3.05, 3.63) is 61.2 Å². The van der Waals surface area contributed by atoms with E-state index in [-0.39, 0.29) is 16.8 Å². The lowest BCUT2D eigenvalue weighted by atomic mass is 9.78. The molecule has 8 nitrogen and oxygen atoms in total. The monoisotopic (exact) mass is 364 g/mol. The summed E-state index contributed by atoms with van der Waals surface area (Å²) in [6.45, 7) is 4.23. The fourth-order valence-electron chi connectivity index (χ4n) is 2.60. The molecule has 0 fully saturated rings. The molecule has 0 aromatic heterocycles. The van der Waals surface area contributed by atoms with Crippen LogP contribution in [-0.4, -0.2) is 16.1 Å². The molecule has 1 aliphatic rings. The van der Waals surface area contributed by atoms with Gasteiger partial charge in [-0.3, -0.25) is 25.7 Å². The summed E-state index contributed by atoms with van der Waals surface area (Å²) in [4.78, 5) is 20.4. The van der Waals surface area contributed by atoms with Gasteiger partial charge in [0.1, 0.15) is 5.69 Å². The third kappa shape index (κ3) is 5.12. The third-order valence-corrected chi connectivity index (χ3v) is 3.85. The number of nitro benzene ring substituents is 2. The summed E-state index contributed by atoms with van der Waals surface area (Å²) in [5, 5.41) is 26.5. The lowest BCUT2D eigenvalue weighted by Gasteiger charge is -2.28. The van der Waals surface area contributed by atoms with Crippen LogP contribution in [0.1, 0.15) is 26.7 Å². The van der Waals surface area contributed by atoms with E-state index in [1.165, 1.54) is 18.3 Å². The van der Waals surface area contributed by atoms with Crippen molar-refractivity contribution in [1.29, 1.82) is 0 Å². The van der Waals surface area contributed by atoms with Gasteiger partial charge in [0.05, 0.1) is 15.9 Å². The van der Waals surface area contributed by atoms with Crippen molar-refractivity contribution in [2.45, 2.75) is 26.7 Å². The zero-order valence-electron chi connectivity index (χ0n) is 13.7. The zero-order chi connectivity index (χ0) is 18.6. The minimum absolute atomic E-state index is 0.0656. The Morgan fingerprint density at radius 1 is 1.24 bits per heavy atom. The number of nitrogens with one attached hydrogen (secondary N) is 1. The average molecular weight is 365 g/mol. The molecule has 1 aliphatic carbocycles. The topological polar surface area (TPSA) is 111 Å². The highest BCUT2D eigenvalue weighted by molar-refractivity contribution is 6.29. The Labute approximate surface area is 149 Å². The van der Waals surface area contributed by atoms with Crippen LogP contribution in [-0.2, 0) is 0 Å². The van der Waals surface area contributed by atoms with Gasteiger partial charge in [-0.15, -0.1) is 0 Å². The van der Waals surface area contributed by atoms with Crippen LogP contribution in [0.15, 0.2) is 46.1 Å². The van der Waals surface area contributed by atoms with Gasteiger partial charge in [-0.25, -0.2) is 0 Å². The van der Waals surface area contributed by atoms with Crippen molar-refractivity contribution >= 4 is 34.9 Å². The van der Waals surface area contributed by atoms with Gasteiger partial charge in [0.2, 0.25) is 0 Å². The average Bonchev–Trinajstić information content (AvgIpc) is 2.49. The van der Waals surface area contributed by atoms with E-state index in [0.29, 0.717) is 0 Å². The largest absolute Gasteiger partial charge is 0.301 e. The quantitative estimate of drug-likeness (QED) is 0.459. The summed E-state index contributed by atoms with van der Waals surface area (Å²) in [6, 6.07) is 3.32. The first-order chi connectivity index (χ1) is 11.7. The molecule has 1 N–H and O–H groups in total. The van der Waals surface area contributed by atoms with E-state index in [1.54, 1.807) is 6.08 Å². The summed E-state index contributed by atoms with van der Waals surface area (Å²) in [7, 11) is 0. The van der Waals surface area contributed by atoms with E-state index >= 15 is 0 Å². The van der Waals surface area contributed by atoms with Gasteiger partial charge in [-0.2, -0.15) is 5.10 Å². The molecule has 0 radical (unpaired) electrons. The number of non-ortho nitro benzene ring substituents is 1. The van der Waals surface area contributed by atoms with Crippen molar-refractivity contribution < 1.29 is 9.85 Å². The van der Waals surface area contributed by atoms with Crippen LogP contribution in [0, 0.1) is 25.6 Å². The minimum atomic E-state index is -0.699. The summed E-state index contributed by atoms with van der Waals surface area (Å²) in [5.41, 5.74) is 2.91. The second kappa shape index (κ2) is 7.43. The molecule has 0 heterocycles. The van der Waals surface area contributed by atoms with E-state index < -0.39 is 15.5 Å². The van der Waals surface area contributed by atoms with Gasteiger partial charge in [-0.1, -0.05) is 25.4 Å². The maximum atomic E-state index is 11.0. The van der Waals surface area contributed by atoms with Crippen molar-refractivity contribution in [3.63, 3.8) is 0 Å². The molecule has 132 valence electrons. The SMILES string of the molecule is CC1(C)CC(Cl)=C/C(=C/C=N\Nc2ccc([N+](=O)[O-])cc2[N+](=O)[O-])C1. The molecule has 9 heteroatoms. The molecule has 0 bridgehead atoms. The van der Waals surface area contributed by atoms with Crippen molar-refractivity contribution in [2.75, 3.05) is 5.43 Å². The number of hydrogen-bond donors (Lipinski definition) is 1.